The van der Waals surface area contributed by atoms with Crippen molar-refractivity contribution < 1.29 is 32.5 Å². The molecule has 0 bridgehead atoms. The highest BCUT2D eigenvalue weighted by molar-refractivity contribution is 6.32. The van der Waals surface area contributed by atoms with E-state index in [0.29, 0.717) is 0 Å². The number of pyridine rings is 1. The number of ether oxygens (including phenoxy) is 2. The average Bonchev–Trinajstić information content (AvgIpc) is 2.77. The first kappa shape index (κ1) is 25.3. The maximum absolute atomic E-state index is 15.0. The molecular formula is C24H21ClF3NO5. The molecule has 0 unspecified atom stereocenters. The molecule has 6 nitrogen and oxygen atoms in total. The van der Waals surface area contributed by atoms with Crippen molar-refractivity contribution in [2.75, 3.05) is 20.3 Å². The summed E-state index contributed by atoms with van der Waals surface area (Å²) in [7, 11) is 1.47. The second kappa shape index (κ2) is 10.3. The molecule has 0 spiro atoms. The van der Waals surface area contributed by atoms with Crippen molar-refractivity contribution in [2.45, 2.75) is 20.4 Å². The SMILES string of the molecule is CCn1c(C)c(-c2cc(OCCOC)c(Cl)cc2F)c(=O)c(C(=O)O)c1-c1ccc(F)c(F)c1. The minimum Gasteiger partial charge on any atom is -0.490 e. The first-order valence-electron chi connectivity index (χ1n) is 10.2. The molecule has 34 heavy (non-hydrogen) atoms. The molecule has 180 valence electrons. The molecule has 1 aromatic heterocycles. The van der Waals surface area contributed by atoms with Crippen LogP contribution in [0.5, 0.6) is 5.75 Å². The number of rotatable bonds is 8. The molecule has 0 saturated carbocycles. The number of carboxylic acid groups (broad SMARTS) is 1. The Hall–Kier alpha value is -3.30. The maximum atomic E-state index is 15.0. The minimum absolute atomic E-state index is 0.00920. The summed E-state index contributed by atoms with van der Waals surface area (Å²) >= 11 is 6.07. The van der Waals surface area contributed by atoms with E-state index < -0.39 is 34.4 Å². The molecule has 2 aromatic carbocycles. The number of hydrogen-bond acceptors (Lipinski definition) is 4. The van der Waals surface area contributed by atoms with E-state index in [0.717, 1.165) is 18.2 Å². The maximum Gasteiger partial charge on any atom is 0.341 e. The van der Waals surface area contributed by atoms with E-state index in [4.69, 9.17) is 21.1 Å². The van der Waals surface area contributed by atoms with E-state index in [1.807, 2.05) is 0 Å². The second-order valence-corrected chi connectivity index (χ2v) is 7.70. The fraction of sp³-hybridized carbons (Fsp3) is 0.250. The summed E-state index contributed by atoms with van der Waals surface area (Å²) in [6, 6.07) is 5.02. The summed E-state index contributed by atoms with van der Waals surface area (Å²) in [5.41, 5.74) is -2.02. The number of hydrogen-bond donors (Lipinski definition) is 1. The molecular weight excluding hydrogens is 475 g/mol. The molecule has 0 fully saturated rings. The number of methoxy groups -OCH3 is 1. The molecule has 0 aliphatic rings. The fourth-order valence-corrected chi connectivity index (χ4v) is 3.96. The summed E-state index contributed by atoms with van der Waals surface area (Å²) in [5, 5.41) is 9.85. The van der Waals surface area contributed by atoms with Gasteiger partial charge < -0.3 is 19.1 Å². The van der Waals surface area contributed by atoms with Crippen molar-refractivity contribution in [1.82, 2.24) is 4.57 Å². The Kier molecular flexibility index (Phi) is 7.68. The predicted octanol–water partition coefficient (Wildman–Crippen LogP) is 5.30. The second-order valence-electron chi connectivity index (χ2n) is 7.30. The molecule has 1 N–H and O–H groups in total. The average molecular weight is 496 g/mol. The highest BCUT2D eigenvalue weighted by Crippen LogP contribution is 2.36. The number of aromatic carboxylic acids is 1. The lowest BCUT2D eigenvalue weighted by molar-refractivity contribution is 0.0695. The van der Waals surface area contributed by atoms with Gasteiger partial charge in [0.25, 0.3) is 0 Å². The lowest BCUT2D eigenvalue weighted by atomic mass is 9.95. The molecule has 0 radical (unpaired) electrons. The van der Waals surface area contributed by atoms with Crippen LogP contribution in [0.3, 0.4) is 0 Å². The van der Waals surface area contributed by atoms with Gasteiger partial charge in [0, 0.05) is 30.5 Å². The third kappa shape index (κ3) is 4.67. The quantitative estimate of drug-likeness (QED) is 0.429. The standard InChI is InChI=1S/C24H21ClF3NO5/c1-4-29-12(2)20(14-10-19(34-8-7-33-3)15(25)11-17(14)27)23(30)21(24(31)32)22(29)13-5-6-16(26)18(28)9-13/h5-6,9-11H,4,7-8H2,1-3H3,(H,31,32). The number of halogens is 4. The summed E-state index contributed by atoms with van der Waals surface area (Å²) in [4.78, 5) is 25.6. The highest BCUT2D eigenvalue weighted by atomic mass is 35.5. The van der Waals surface area contributed by atoms with Crippen LogP contribution < -0.4 is 10.2 Å². The van der Waals surface area contributed by atoms with Crippen molar-refractivity contribution in [2.24, 2.45) is 0 Å². The van der Waals surface area contributed by atoms with Crippen LogP contribution in [0.2, 0.25) is 5.02 Å². The van der Waals surface area contributed by atoms with Gasteiger partial charge in [0.2, 0.25) is 5.43 Å². The van der Waals surface area contributed by atoms with Crippen molar-refractivity contribution in [1.29, 1.82) is 0 Å². The van der Waals surface area contributed by atoms with E-state index >= 15 is 4.39 Å². The van der Waals surface area contributed by atoms with Gasteiger partial charge in [-0.1, -0.05) is 11.6 Å². The van der Waals surface area contributed by atoms with E-state index in [1.54, 1.807) is 6.92 Å². The van der Waals surface area contributed by atoms with E-state index in [1.165, 1.54) is 30.7 Å². The first-order valence-corrected chi connectivity index (χ1v) is 10.6. The van der Waals surface area contributed by atoms with Gasteiger partial charge in [-0.25, -0.2) is 18.0 Å². The molecule has 3 rings (SSSR count). The molecule has 1 heterocycles. The van der Waals surface area contributed by atoms with Crippen LogP contribution in [0, 0.1) is 24.4 Å². The molecule has 0 atom stereocenters. The zero-order chi connectivity index (χ0) is 25.2. The summed E-state index contributed by atoms with van der Waals surface area (Å²) < 4.78 is 54.3. The Labute approximate surface area is 198 Å². The molecule has 10 heteroatoms. The van der Waals surface area contributed by atoms with Gasteiger partial charge in [0.05, 0.1) is 22.9 Å². The van der Waals surface area contributed by atoms with Crippen molar-refractivity contribution in [3.63, 3.8) is 0 Å². The molecule has 0 saturated heterocycles. The van der Waals surface area contributed by atoms with E-state index in [2.05, 4.69) is 0 Å². The fourth-order valence-electron chi connectivity index (χ4n) is 3.76. The van der Waals surface area contributed by atoms with Gasteiger partial charge in [-0.3, -0.25) is 4.79 Å². The van der Waals surface area contributed by atoms with Crippen LogP contribution in [-0.2, 0) is 11.3 Å². The predicted molar refractivity (Wildman–Crippen MR) is 121 cm³/mol. The smallest absolute Gasteiger partial charge is 0.341 e. The van der Waals surface area contributed by atoms with Gasteiger partial charge in [-0.2, -0.15) is 0 Å². The van der Waals surface area contributed by atoms with Crippen LogP contribution in [-0.4, -0.2) is 36.0 Å². The number of carbonyl (C=O) groups is 1. The number of aromatic nitrogens is 1. The van der Waals surface area contributed by atoms with Gasteiger partial charge in [-0.15, -0.1) is 0 Å². The van der Waals surface area contributed by atoms with Gasteiger partial charge in [0.15, 0.2) is 11.6 Å². The van der Waals surface area contributed by atoms with Crippen LogP contribution in [0.25, 0.3) is 22.4 Å². The monoisotopic (exact) mass is 495 g/mol. The number of carboxylic acids is 1. The highest BCUT2D eigenvalue weighted by Gasteiger charge is 2.27. The molecule has 0 aliphatic heterocycles. The molecule has 0 aliphatic carbocycles. The lowest BCUT2D eigenvalue weighted by Crippen LogP contribution is -2.25. The minimum atomic E-state index is -1.60. The Morgan fingerprint density at radius 1 is 1.09 bits per heavy atom. The van der Waals surface area contributed by atoms with Crippen LogP contribution >= 0.6 is 11.6 Å². The van der Waals surface area contributed by atoms with Crippen LogP contribution in [0.1, 0.15) is 23.0 Å². The normalized spacial score (nSPS) is 11.0. The third-order valence-electron chi connectivity index (χ3n) is 5.29. The third-order valence-corrected chi connectivity index (χ3v) is 5.58. The molecule has 3 aromatic rings. The van der Waals surface area contributed by atoms with E-state index in [9.17, 15) is 23.5 Å². The molecule has 0 amide bonds. The lowest BCUT2D eigenvalue weighted by Gasteiger charge is -2.22. The largest absolute Gasteiger partial charge is 0.490 e. The summed E-state index contributed by atoms with van der Waals surface area (Å²) in [6.07, 6.45) is 0. The Morgan fingerprint density at radius 2 is 1.79 bits per heavy atom. The zero-order valence-electron chi connectivity index (χ0n) is 18.5. The topological polar surface area (TPSA) is 77.8 Å². The Bertz CT molecular complexity index is 1320. The van der Waals surface area contributed by atoms with Crippen molar-refractivity contribution in [3.05, 3.63) is 74.3 Å². The number of nitrogens with zero attached hydrogens (tertiary/aromatic N) is 1. The first-order chi connectivity index (χ1) is 16.1. The zero-order valence-corrected chi connectivity index (χ0v) is 19.3. The van der Waals surface area contributed by atoms with Gasteiger partial charge in [-0.05, 0) is 44.2 Å². The summed E-state index contributed by atoms with van der Waals surface area (Å²) in [6.45, 7) is 3.67. The Morgan fingerprint density at radius 3 is 2.38 bits per heavy atom. The summed E-state index contributed by atoms with van der Waals surface area (Å²) in [5.74, 6) is -4.70. The van der Waals surface area contributed by atoms with Gasteiger partial charge in [0.1, 0.15) is 23.7 Å². The van der Waals surface area contributed by atoms with Gasteiger partial charge >= 0.3 is 5.97 Å². The number of benzene rings is 2. The van der Waals surface area contributed by atoms with Crippen molar-refractivity contribution >= 4 is 17.6 Å². The van der Waals surface area contributed by atoms with Crippen molar-refractivity contribution in [3.8, 4) is 28.1 Å². The van der Waals surface area contributed by atoms with E-state index in [-0.39, 0.29) is 58.6 Å². The van der Waals surface area contributed by atoms with Crippen LogP contribution in [0.4, 0.5) is 13.2 Å². The Balaban J connectivity index is 2.36. The van der Waals surface area contributed by atoms with Crippen LogP contribution in [0.15, 0.2) is 35.1 Å².